The summed E-state index contributed by atoms with van der Waals surface area (Å²) in [6.07, 6.45) is 3.43. The zero-order chi connectivity index (χ0) is 14.5. The Morgan fingerprint density at radius 2 is 2.10 bits per heavy atom. The van der Waals surface area contributed by atoms with Gasteiger partial charge in [-0.1, -0.05) is 22.4 Å². The minimum absolute atomic E-state index is 0.102. The number of rotatable bonds is 6. The van der Waals surface area contributed by atoms with Crippen LogP contribution in [0.1, 0.15) is 24.8 Å². The van der Waals surface area contributed by atoms with E-state index in [0.29, 0.717) is 18.4 Å². The van der Waals surface area contributed by atoms with E-state index in [-0.39, 0.29) is 17.2 Å². The standard InChI is InChI=1S/C14H19BrN2O3/c15-13-4-10(5-14(6-13)17(19)20)7-16-8-11-2-1-3-12(11)9-18/h4-6,11-12,16,18H,1-3,7-9H2. The highest BCUT2D eigenvalue weighted by atomic mass is 79.9. The Morgan fingerprint density at radius 3 is 2.80 bits per heavy atom. The summed E-state index contributed by atoms with van der Waals surface area (Å²) in [5, 5.41) is 23.4. The van der Waals surface area contributed by atoms with Crippen molar-refractivity contribution >= 4 is 21.6 Å². The highest BCUT2D eigenvalue weighted by Gasteiger charge is 2.25. The smallest absolute Gasteiger partial charge is 0.270 e. The first-order valence-corrected chi connectivity index (χ1v) is 7.65. The molecule has 1 aromatic rings. The number of hydrogen-bond acceptors (Lipinski definition) is 4. The summed E-state index contributed by atoms with van der Waals surface area (Å²) in [5.74, 6) is 0.918. The average molecular weight is 343 g/mol. The van der Waals surface area contributed by atoms with Crippen LogP contribution in [0.25, 0.3) is 0 Å². The van der Waals surface area contributed by atoms with Crippen LogP contribution >= 0.6 is 15.9 Å². The second kappa shape index (κ2) is 7.15. The lowest BCUT2D eigenvalue weighted by Crippen LogP contribution is -2.26. The molecule has 1 aliphatic carbocycles. The Morgan fingerprint density at radius 1 is 1.35 bits per heavy atom. The van der Waals surface area contributed by atoms with Crippen LogP contribution in [0.15, 0.2) is 22.7 Å². The Hall–Kier alpha value is -0.980. The molecule has 0 radical (unpaired) electrons. The quantitative estimate of drug-likeness (QED) is 0.615. The zero-order valence-electron chi connectivity index (χ0n) is 11.2. The van der Waals surface area contributed by atoms with Gasteiger partial charge in [0.1, 0.15) is 0 Å². The molecular weight excluding hydrogens is 324 g/mol. The Bertz CT molecular complexity index is 481. The molecule has 2 unspecified atom stereocenters. The number of nitro benzene ring substituents is 1. The second-order valence-electron chi connectivity index (χ2n) is 5.34. The van der Waals surface area contributed by atoms with Crippen LogP contribution in [0.4, 0.5) is 5.69 Å². The van der Waals surface area contributed by atoms with Gasteiger partial charge in [0.2, 0.25) is 0 Å². The van der Waals surface area contributed by atoms with Crippen molar-refractivity contribution in [3.8, 4) is 0 Å². The SMILES string of the molecule is O=[N+]([O-])c1cc(Br)cc(CNCC2CCCC2CO)c1. The van der Waals surface area contributed by atoms with E-state index in [4.69, 9.17) is 0 Å². The monoisotopic (exact) mass is 342 g/mol. The number of halogens is 1. The van der Waals surface area contributed by atoms with Gasteiger partial charge in [0.15, 0.2) is 0 Å². The summed E-state index contributed by atoms with van der Waals surface area (Å²) in [4.78, 5) is 10.4. The second-order valence-corrected chi connectivity index (χ2v) is 6.26. The van der Waals surface area contributed by atoms with Crippen molar-refractivity contribution in [2.75, 3.05) is 13.2 Å². The Kier molecular flexibility index (Phi) is 5.51. The molecular formula is C14H19BrN2O3. The maximum atomic E-state index is 10.8. The number of nitro groups is 1. The molecule has 0 bridgehead atoms. The van der Waals surface area contributed by atoms with Gasteiger partial charge in [-0.3, -0.25) is 10.1 Å². The number of hydrogen-bond donors (Lipinski definition) is 2. The number of aliphatic hydroxyl groups is 1. The molecule has 1 saturated carbocycles. The summed E-state index contributed by atoms with van der Waals surface area (Å²) in [7, 11) is 0. The van der Waals surface area contributed by atoms with E-state index in [1.165, 1.54) is 12.5 Å². The largest absolute Gasteiger partial charge is 0.396 e. The molecule has 2 N–H and O–H groups in total. The predicted molar refractivity (Wildman–Crippen MR) is 80.4 cm³/mol. The van der Waals surface area contributed by atoms with Crippen molar-refractivity contribution in [3.05, 3.63) is 38.3 Å². The molecule has 20 heavy (non-hydrogen) atoms. The van der Waals surface area contributed by atoms with E-state index in [9.17, 15) is 15.2 Å². The summed E-state index contributed by atoms with van der Waals surface area (Å²) in [6.45, 7) is 1.72. The molecule has 2 rings (SSSR count). The van der Waals surface area contributed by atoms with E-state index >= 15 is 0 Å². The van der Waals surface area contributed by atoms with Crippen molar-refractivity contribution in [1.82, 2.24) is 5.32 Å². The fourth-order valence-corrected chi connectivity index (χ4v) is 3.39. The van der Waals surface area contributed by atoms with Crippen molar-refractivity contribution in [3.63, 3.8) is 0 Å². The Balaban J connectivity index is 1.89. The lowest BCUT2D eigenvalue weighted by Gasteiger charge is -2.17. The summed E-state index contributed by atoms with van der Waals surface area (Å²) < 4.78 is 0.720. The minimum atomic E-state index is -0.382. The average Bonchev–Trinajstić information content (AvgIpc) is 2.85. The fourth-order valence-electron chi connectivity index (χ4n) is 2.87. The van der Waals surface area contributed by atoms with Crippen molar-refractivity contribution in [2.45, 2.75) is 25.8 Å². The first-order valence-electron chi connectivity index (χ1n) is 6.85. The molecule has 1 fully saturated rings. The lowest BCUT2D eigenvalue weighted by molar-refractivity contribution is -0.385. The van der Waals surface area contributed by atoms with Gasteiger partial charge in [-0.2, -0.15) is 0 Å². The highest BCUT2D eigenvalue weighted by Crippen LogP contribution is 2.30. The van der Waals surface area contributed by atoms with Crippen LogP contribution in [0, 0.1) is 22.0 Å². The number of benzene rings is 1. The van der Waals surface area contributed by atoms with Crippen LogP contribution in [-0.2, 0) is 6.54 Å². The molecule has 5 nitrogen and oxygen atoms in total. The minimum Gasteiger partial charge on any atom is -0.396 e. The molecule has 0 spiro atoms. The van der Waals surface area contributed by atoms with Gasteiger partial charge in [-0.05, 0) is 42.9 Å². The maximum absolute atomic E-state index is 10.8. The van der Waals surface area contributed by atoms with Crippen molar-refractivity contribution in [1.29, 1.82) is 0 Å². The van der Waals surface area contributed by atoms with E-state index in [1.807, 2.05) is 6.07 Å². The maximum Gasteiger partial charge on any atom is 0.270 e. The van der Waals surface area contributed by atoms with E-state index in [0.717, 1.165) is 29.4 Å². The van der Waals surface area contributed by atoms with E-state index in [2.05, 4.69) is 21.2 Å². The Labute approximate surface area is 126 Å². The fraction of sp³-hybridized carbons (Fsp3) is 0.571. The molecule has 0 heterocycles. The van der Waals surface area contributed by atoms with Gasteiger partial charge < -0.3 is 10.4 Å². The molecule has 0 saturated heterocycles. The molecule has 2 atom stereocenters. The van der Waals surface area contributed by atoms with Crippen LogP contribution in [0.5, 0.6) is 0 Å². The number of nitrogens with zero attached hydrogens (tertiary/aromatic N) is 1. The predicted octanol–water partition coefficient (Wildman–Crippen LogP) is 2.86. The van der Waals surface area contributed by atoms with Crippen molar-refractivity contribution < 1.29 is 10.0 Å². The first kappa shape index (κ1) is 15.4. The molecule has 1 aromatic carbocycles. The van der Waals surface area contributed by atoms with Crippen LogP contribution in [0.3, 0.4) is 0 Å². The molecule has 1 aliphatic rings. The van der Waals surface area contributed by atoms with E-state index < -0.39 is 0 Å². The molecule has 0 aliphatic heterocycles. The van der Waals surface area contributed by atoms with Gasteiger partial charge >= 0.3 is 0 Å². The van der Waals surface area contributed by atoms with Gasteiger partial charge in [0.25, 0.3) is 5.69 Å². The zero-order valence-corrected chi connectivity index (χ0v) is 12.8. The van der Waals surface area contributed by atoms with Crippen LogP contribution in [0.2, 0.25) is 0 Å². The number of nitrogens with one attached hydrogen (secondary N) is 1. The number of non-ortho nitro benzene ring substituents is 1. The topological polar surface area (TPSA) is 75.4 Å². The molecule has 6 heteroatoms. The summed E-state index contributed by atoms with van der Waals surface area (Å²) in [5.41, 5.74) is 0.995. The van der Waals surface area contributed by atoms with Crippen molar-refractivity contribution in [2.24, 2.45) is 11.8 Å². The van der Waals surface area contributed by atoms with Crippen LogP contribution in [-0.4, -0.2) is 23.2 Å². The third-order valence-electron chi connectivity index (χ3n) is 3.94. The molecule has 110 valence electrons. The third kappa shape index (κ3) is 4.01. The van der Waals surface area contributed by atoms with Gasteiger partial charge in [-0.25, -0.2) is 0 Å². The first-order chi connectivity index (χ1) is 9.60. The third-order valence-corrected chi connectivity index (χ3v) is 4.40. The van der Waals surface area contributed by atoms with Gasteiger partial charge in [0, 0.05) is 29.8 Å². The normalized spacial score (nSPS) is 22.1. The van der Waals surface area contributed by atoms with Gasteiger partial charge in [-0.15, -0.1) is 0 Å². The highest BCUT2D eigenvalue weighted by molar-refractivity contribution is 9.10. The molecule has 0 amide bonds. The number of aliphatic hydroxyl groups excluding tert-OH is 1. The van der Waals surface area contributed by atoms with E-state index in [1.54, 1.807) is 6.07 Å². The summed E-state index contributed by atoms with van der Waals surface area (Å²) in [6, 6.07) is 4.98. The van der Waals surface area contributed by atoms with Crippen LogP contribution < -0.4 is 5.32 Å². The lowest BCUT2D eigenvalue weighted by atomic mass is 9.97. The summed E-state index contributed by atoms with van der Waals surface area (Å²) >= 11 is 3.29. The van der Waals surface area contributed by atoms with Gasteiger partial charge in [0.05, 0.1) is 4.92 Å². The molecule has 0 aromatic heterocycles.